The molecule has 0 saturated heterocycles. The second-order valence-corrected chi connectivity index (χ2v) is 5.53. The zero-order valence-electron chi connectivity index (χ0n) is 9.17. The number of rotatable bonds is 1. The molecule has 0 bridgehead atoms. The van der Waals surface area contributed by atoms with Crippen LogP contribution < -0.4 is 4.74 Å². The molecule has 1 N–H and O–H groups in total. The largest absolute Gasteiger partial charge is 0.497 e. The number of halogens is 1. The highest BCUT2D eigenvalue weighted by atomic mass is 79.9. The van der Waals surface area contributed by atoms with Crippen LogP contribution >= 0.6 is 15.9 Å². The van der Waals surface area contributed by atoms with Crippen LogP contribution in [0.4, 0.5) is 0 Å². The summed E-state index contributed by atoms with van der Waals surface area (Å²) < 4.78 is 6.22. The third-order valence-electron chi connectivity index (χ3n) is 3.07. The molecule has 82 valence electrons. The van der Waals surface area contributed by atoms with E-state index in [9.17, 15) is 5.11 Å². The predicted molar refractivity (Wildman–Crippen MR) is 63.3 cm³/mol. The zero-order valence-corrected chi connectivity index (χ0v) is 10.8. The van der Waals surface area contributed by atoms with Crippen LogP contribution in [0.1, 0.15) is 37.5 Å². The van der Waals surface area contributed by atoms with Gasteiger partial charge < -0.3 is 9.84 Å². The Morgan fingerprint density at radius 1 is 1.47 bits per heavy atom. The Balaban J connectivity index is 2.63. The topological polar surface area (TPSA) is 29.5 Å². The molecule has 3 heteroatoms. The maximum absolute atomic E-state index is 9.98. The van der Waals surface area contributed by atoms with E-state index in [4.69, 9.17) is 4.74 Å². The number of ether oxygens (including phenoxy) is 1. The molecule has 0 radical (unpaired) electrons. The van der Waals surface area contributed by atoms with Gasteiger partial charge >= 0.3 is 0 Å². The monoisotopic (exact) mass is 270 g/mol. The molecule has 1 aliphatic rings. The molecule has 1 aliphatic carbocycles. The van der Waals surface area contributed by atoms with Gasteiger partial charge in [-0.25, -0.2) is 0 Å². The Kier molecular flexibility index (Phi) is 2.55. The van der Waals surface area contributed by atoms with Gasteiger partial charge in [-0.1, -0.05) is 29.8 Å². The molecule has 0 amide bonds. The maximum atomic E-state index is 9.98. The average molecular weight is 271 g/mol. The van der Waals surface area contributed by atoms with Gasteiger partial charge in [-0.15, -0.1) is 0 Å². The van der Waals surface area contributed by atoms with Crippen molar-refractivity contribution in [1.29, 1.82) is 0 Å². The van der Waals surface area contributed by atoms with E-state index in [1.807, 2.05) is 12.1 Å². The van der Waals surface area contributed by atoms with E-state index in [2.05, 4.69) is 29.8 Å². The molecule has 0 fully saturated rings. The first-order chi connectivity index (χ1) is 6.95. The van der Waals surface area contributed by atoms with Gasteiger partial charge in [-0.05, 0) is 35.1 Å². The molecular weight excluding hydrogens is 256 g/mol. The third kappa shape index (κ3) is 1.68. The Bertz CT molecular complexity index is 399. The molecule has 0 aliphatic heterocycles. The van der Waals surface area contributed by atoms with Gasteiger partial charge in [0.15, 0.2) is 0 Å². The lowest BCUT2D eigenvalue weighted by Crippen LogP contribution is -2.13. The van der Waals surface area contributed by atoms with Crippen LogP contribution in [0.3, 0.4) is 0 Å². The van der Waals surface area contributed by atoms with E-state index < -0.39 is 0 Å². The second-order valence-electron chi connectivity index (χ2n) is 4.68. The van der Waals surface area contributed by atoms with Crippen molar-refractivity contribution in [3.8, 4) is 5.75 Å². The summed E-state index contributed by atoms with van der Waals surface area (Å²) in [7, 11) is 1.64. The third-order valence-corrected chi connectivity index (χ3v) is 3.69. The lowest BCUT2D eigenvalue weighted by molar-refractivity contribution is 0.161. The van der Waals surface area contributed by atoms with E-state index in [0.717, 1.165) is 22.2 Å². The van der Waals surface area contributed by atoms with Crippen LogP contribution in [0.5, 0.6) is 5.75 Å². The van der Waals surface area contributed by atoms with Gasteiger partial charge in [-0.2, -0.15) is 0 Å². The van der Waals surface area contributed by atoms with Crippen LogP contribution in [0.2, 0.25) is 0 Å². The number of hydrogen-bond donors (Lipinski definition) is 1. The highest BCUT2D eigenvalue weighted by Gasteiger charge is 2.37. The number of aliphatic hydroxyl groups excluding tert-OH is 1. The first-order valence-electron chi connectivity index (χ1n) is 5.01. The molecular formula is C12H15BrO2. The smallest absolute Gasteiger partial charge is 0.120 e. The summed E-state index contributed by atoms with van der Waals surface area (Å²) in [6.45, 7) is 4.30. The Hall–Kier alpha value is -0.540. The van der Waals surface area contributed by atoms with E-state index in [1.165, 1.54) is 5.56 Å². The maximum Gasteiger partial charge on any atom is 0.120 e. The normalized spacial score (nSPS) is 22.6. The lowest BCUT2D eigenvalue weighted by atomic mass is 9.86. The van der Waals surface area contributed by atoms with Crippen molar-refractivity contribution in [3.63, 3.8) is 0 Å². The number of benzene rings is 1. The second kappa shape index (κ2) is 3.49. The molecule has 0 heterocycles. The van der Waals surface area contributed by atoms with Gasteiger partial charge in [0.05, 0.1) is 13.2 Å². The van der Waals surface area contributed by atoms with Crippen molar-refractivity contribution in [2.45, 2.75) is 31.8 Å². The molecule has 15 heavy (non-hydrogen) atoms. The van der Waals surface area contributed by atoms with Crippen molar-refractivity contribution in [2.75, 3.05) is 7.11 Å². The molecule has 1 aromatic rings. The predicted octanol–water partition coefficient (Wildman–Crippen LogP) is 3.17. The number of methoxy groups -OCH3 is 1. The quantitative estimate of drug-likeness (QED) is 0.850. The van der Waals surface area contributed by atoms with Crippen LogP contribution in [0, 0.1) is 0 Å². The fourth-order valence-corrected chi connectivity index (χ4v) is 3.38. The number of hydrogen-bond acceptors (Lipinski definition) is 2. The molecule has 0 spiro atoms. The van der Waals surface area contributed by atoms with Gasteiger partial charge in [0.1, 0.15) is 5.75 Å². The number of aliphatic hydroxyl groups is 1. The van der Waals surface area contributed by atoms with E-state index >= 15 is 0 Å². The fraction of sp³-hybridized carbons (Fsp3) is 0.500. The average Bonchev–Trinajstić information content (AvgIpc) is 2.37. The molecule has 0 unspecified atom stereocenters. The summed E-state index contributed by atoms with van der Waals surface area (Å²) in [4.78, 5) is 0. The van der Waals surface area contributed by atoms with Gasteiger partial charge in [-0.3, -0.25) is 0 Å². The zero-order chi connectivity index (χ0) is 11.2. The summed E-state index contributed by atoms with van der Waals surface area (Å²) >= 11 is 3.55. The molecule has 2 nitrogen and oxygen atoms in total. The van der Waals surface area contributed by atoms with E-state index in [-0.39, 0.29) is 11.5 Å². The standard InChI is InChI=1S/C12H15BrO2/c1-12(2)6-10(14)8-4-7(15-3)5-9(13)11(8)12/h4-5,10,14H,6H2,1-3H3/t10-/m0/s1. The summed E-state index contributed by atoms with van der Waals surface area (Å²) in [5.41, 5.74) is 2.22. The Morgan fingerprint density at radius 3 is 2.73 bits per heavy atom. The molecule has 0 aromatic heterocycles. The summed E-state index contributed by atoms with van der Waals surface area (Å²) in [5, 5.41) is 9.98. The van der Waals surface area contributed by atoms with Gasteiger partial charge in [0.25, 0.3) is 0 Å². The minimum absolute atomic E-state index is 0.0276. The molecule has 0 saturated carbocycles. The van der Waals surface area contributed by atoms with Crippen molar-refractivity contribution >= 4 is 15.9 Å². The van der Waals surface area contributed by atoms with E-state index in [1.54, 1.807) is 7.11 Å². The van der Waals surface area contributed by atoms with E-state index in [0.29, 0.717) is 0 Å². The van der Waals surface area contributed by atoms with Crippen molar-refractivity contribution in [2.24, 2.45) is 0 Å². The summed E-state index contributed by atoms with van der Waals surface area (Å²) in [6.07, 6.45) is 0.398. The molecule has 1 atom stereocenters. The van der Waals surface area contributed by atoms with Gasteiger partial charge in [0.2, 0.25) is 0 Å². The number of fused-ring (bicyclic) bond motifs is 1. The Morgan fingerprint density at radius 2 is 2.13 bits per heavy atom. The highest BCUT2D eigenvalue weighted by Crippen LogP contribution is 2.48. The minimum atomic E-state index is -0.374. The first kappa shape index (κ1) is 11.0. The summed E-state index contributed by atoms with van der Waals surface area (Å²) in [5.74, 6) is 0.789. The van der Waals surface area contributed by atoms with Gasteiger partial charge in [0, 0.05) is 4.47 Å². The van der Waals surface area contributed by atoms with Crippen molar-refractivity contribution in [3.05, 3.63) is 27.7 Å². The molecule has 2 rings (SSSR count). The highest BCUT2D eigenvalue weighted by molar-refractivity contribution is 9.10. The summed E-state index contributed by atoms with van der Waals surface area (Å²) in [6, 6.07) is 3.89. The Labute approximate surface area is 98.4 Å². The van der Waals surface area contributed by atoms with Crippen molar-refractivity contribution < 1.29 is 9.84 Å². The van der Waals surface area contributed by atoms with Crippen LogP contribution in [0.25, 0.3) is 0 Å². The van der Waals surface area contributed by atoms with Crippen LogP contribution in [-0.2, 0) is 5.41 Å². The van der Waals surface area contributed by atoms with Crippen molar-refractivity contribution in [1.82, 2.24) is 0 Å². The fourth-order valence-electron chi connectivity index (χ4n) is 2.39. The lowest BCUT2D eigenvalue weighted by Gasteiger charge is -2.20. The van der Waals surface area contributed by atoms with Crippen LogP contribution in [0.15, 0.2) is 16.6 Å². The van der Waals surface area contributed by atoms with Crippen LogP contribution in [-0.4, -0.2) is 12.2 Å². The minimum Gasteiger partial charge on any atom is -0.497 e. The first-order valence-corrected chi connectivity index (χ1v) is 5.81. The SMILES string of the molecule is COc1cc(Br)c2c(c1)[C@@H](O)CC2(C)C. The molecule has 1 aromatic carbocycles.